The lowest BCUT2D eigenvalue weighted by atomic mass is 10.2. The third-order valence-electron chi connectivity index (χ3n) is 5.35. The lowest BCUT2D eigenvalue weighted by Gasteiger charge is -2.15. The summed E-state index contributed by atoms with van der Waals surface area (Å²) in [4.78, 5) is 6.02. The van der Waals surface area contributed by atoms with E-state index in [1.54, 1.807) is 7.11 Å². The van der Waals surface area contributed by atoms with Crippen molar-refractivity contribution in [1.82, 2.24) is 19.7 Å². The van der Waals surface area contributed by atoms with Crippen molar-refractivity contribution in [2.45, 2.75) is 19.0 Å². The molecule has 1 fully saturated rings. The predicted molar refractivity (Wildman–Crippen MR) is 104 cm³/mol. The molecule has 5 rings (SSSR count). The van der Waals surface area contributed by atoms with E-state index in [1.165, 1.54) is 11.1 Å². The van der Waals surface area contributed by atoms with E-state index in [0.29, 0.717) is 6.04 Å². The molecule has 0 aliphatic carbocycles. The topological polar surface area (TPSA) is 46.1 Å². The molecule has 0 amide bonds. The third kappa shape index (κ3) is 2.65. The Morgan fingerprint density at radius 2 is 2.12 bits per heavy atom. The number of methoxy groups -OCH3 is 1. The minimum Gasteiger partial charge on any atom is -0.496 e. The lowest BCUT2D eigenvalue weighted by molar-refractivity contribution is 0.309. The number of nitrogens with one attached hydrogen (secondary N) is 1. The molecular formula is C21H22N4O. The number of aromatic nitrogens is 3. The van der Waals surface area contributed by atoms with Crippen molar-refractivity contribution in [3.8, 4) is 5.75 Å². The average Bonchev–Trinajstić information content (AvgIpc) is 3.38. The van der Waals surface area contributed by atoms with Crippen LogP contribution >= 0.6 is 0 Å². The SMILES string of the molecule is COc1cccc2[nH]c(CN3CCC(n4cc5ccccc5n4)C3)cc12. The van der Waals surface area contributed by atoms with Gasteiger partial charge >= 0.3 is 0 Å². The Bertz CT molecular complexity index is 1030. The van der Waals surface area contributed by atoms with Crippen LogP contribution in [0.4, 0.5) is 0 Å². The summed E-state index contributed by atoms with van der Waals surface area (Å²) in [5, 5.41) is 7.13. The molecule has 2 aromatic heterocycles. The van der Waals surface area contributed by atoms with Crippen LogP contribution in [-0.4, -0.2) is 39.9 Å². The van der Waals surface area contributed by atoms with E-state index in [0.717, 1.165) is 48.2 Å². The molecule has 0 bridgehead atoms. The maximum atomic E-state index is 5.47. The zero-order chi connectivity index (χ0) is 17.5. The number of fused-ring (bicyclic) bond motifs is 2. The highest BCUT2D eigenvalue weighted by atomic mass is 16.5. The van der Waals surface area contributed by atoms with E-state index in [4.69, 9.17) is 9.84 Å². The molecule has 1 unspecified atom stereocenters. The van der Waals surface area contributed by atoms with Gasteiger partial charge in [0, 0.05) is 47.8 Å². The summed E-state index contributed by atoms with van der Waals surface area (Å²) in [5.41, 5.74) is 3.44. The molecule has 1 aliphatic heterocycles. The highest BCUT2D eigenvalue weighted by molar-refractivity contribution is 5.86. The average molecular weight is 346 g/mol. The minimum atomic E-state index is 0.446. The van der Waals surface area contributed by atoms with E-state index in [-0.39, 0.29) is 0 Å². The maximum Gasteiger partial charge on any atom is 0.128 e. The highest BCUT2D eigenvalue weighted by Crippen LogP contribution is 2.28. The molecule has 2 aromatic carbocycles. The highest BCUT2D eigenvalue weighted by Gasteiger charge is 2.25. The van der Waals surface area contributed by atoms with E-state index in [1.807, 2.05) is 18.2 Å². The fraction of sp³-hybridized carbons (Fsp3) is 0.286. The molecule has 1 atom stereocenters. The molecule has 1 saturated heterocycles. The maximum absolute atomic E-state index is 5.47. The van der Waals surface area contributed by atoms with Gasteiger partial charge in [-0.3, -0.25) is 9.58 Å². The Hall–Kier alpha value is -2.79. The zero-order valence-electron chi connectivity index (χ0n) is 14.9. The number of likely N-dealkylation sites (tertiary alicyclic amines) is 1. The summed E-state index contributed by atoms with van der Waals surface area (Å²) in [7, 11) is 1.72. The fourth-order valence-electron chi connectivity index (χ4n) is 4.03. The lowest BCUT2D eigenvalue weighted by Crippen LogP contribution is -2.21. The number of hydrogen-bond donors (Lipinski definition) is 1. The molecule has 0 saturated carbocycles. The van der Waals surface area contributed by atoms with Crippen molar-refractivity contribution >= 4 is 21.8 Å². The van der Waals surface area contributed by atoms with E-state index in [2.05, 4.69) is 51.1 Å². The Morgan fingerprint density at radius 1 is 1.19 bits per heavy atom. The first kappa shape index (κ1) is 15.5. The Labute approximate surface area is 152 Å². The van der Waals surface area contributed by atoms with Gasteiger partial charge in [-0.1, -0.05) is 24.3 Å². The van der Waals surface area contributed by atoms with Gasteiger partial charge in [0.2, 0.25) is 0 Å². The van der Waals surface area contributed by atoms with Crippen LogP contribution < -0.4 is 4.74 Å². The van der Waals surface area contributed by atoms with E-state index < -0.39 is 0 Å². The molecule has 0 spiro atoms. The second-order valence-corrected chi connectivity index (χ2v) is 7.06. The molecule has 5 heteroatoms. The van der Waals surface area contributed by atoms with Crippen LogP contribution in [0.15, 0.2) is 54.7 Å². The van der Waals surface area contributed by atoms with Crippen molar-refractivity contribution in [1.29, 1.82) is 0 Å². The smallest absolute Gasteiger partial charge is 0.128 e. The van der Waals surface area contributed by atoms with Crippen LogP contribution in [0, 0.1) is 0 Å². The molecule has 26 heavy (non-hydrogen) atoms. The van der Waals surface area contributed by atoms with Crippen LogP contribution in [-0.2, 0) is 6.54 Å². The molecule has 3 heterocycles. The largest absolute Gasteiger partial charge is 0.496 e. The van der Waals surface area contributed by atoms with Crippen molar-refractivity contribution in [3.05, 3.63) is 60.4 Å². The number of aromatic amines is 1. The number of benzene rings is 2. The number of nitrogens with zero attached hydrogens (tertiary/aromatic N) is 3. The summed E-state index contributed by atoms with van der Waals surface area (Å²) < 4.78 is 7.62. The van der Waals surface area contributed by atoms with E-state index in [9.17, 15) is 0 Å². The third-order valence-corrected chi connectivity index (χ3v) is 5.35. The fourth-order valence-corrected chi connectivity index (χ4v) is 4.03. The first-order valence-corrected chi connectivity index (χ1v) is 9.11. The Kier molecular flexibility index (Phi) is 3.68. The molecule has 4 aromatic rings. The van der Waals surface area contributed by atoms with Crippen molar-refractivity contribution in [2.75, 3.05) is 20.2 Å². The molecule has 1 N–H and O–H groups in total. The number of H-pyrrole nitrogens is 1. The van der Waals surface area contributed by atoms with Gasteiger partial charge in [-0.25, -0.2) is 0 Å². The van der Waals surface area contributed by atoms with Gasteiger partial charge in [-0.2, -0.15) is 5.10 Å². The summed E-state index contributed by atoms with van der Waals surface area (Å²) in [6, 6.07) is 17.1. The number of ether oxygens (including phenoxy) is 1. The Morgan fingerprint density at radius 3 is 3.00 bits per heavy atom. The molecule has 1 aliphatic rings. The standard InChI is InChI=1S/C21H22N4O/c1-26-21-8-4-7-20-18(21)11-16(22-20)13-24-10-9-17(14-24)25-12-15-5-2-3-6-19(15)23-25/h2-8,11-12,17,22H,9-10,13-14H2,1H3. The molecule has 0 radical (unpaired) electrons. The predicted octanol–water partition coefficient (Wildman–Crippen LogP) is 3.97. The first-order chi connectivity index (χ1) is 12.8. The number of hydrogen-bond acceptors (Lipinski definition) is 3. The van der Waals surface area contributed by atoms with Gasteiger partial charge < -0.3 is 9.72 Å². The van der Waals surface area contributed by atoms with Crippen molar-refractivity contribution < 1.29 is 4.74 Å². The zero-order valence-corrected chi connectivity index (χ0v) is 14.9. The summed E-state index contributed by atoms with van der Waals surface area (Å²) in [5.74, 6) is 0.924. The van der Waals surface area contributed by atoms with Crippen molar-refractivity contribution in [2.24, 2.45) is 0 Å². The van der Waals surface area contributed by atoms with Crippen LogP contribution in [0.25, 0.3) is 21.8 Å². The second-order valence-electron chi connectivity index (χ2n) is 7.06. The quantitative estimate of drug-likeness (QED) is 0.608. The van der Waals surface area contributed by atoms with Crippen LogP contribution in [0.2, 0.25) is 0 Å². The molecule has 132 valence electrons. The normalized spacial score (nSPS) is 18.1. The van der Waals surface area contributed by atoms with Gasteiger partial charge in [-0.15, -0.1) is 0 Å². The van der Waals surface area contributed by atoms with Gasteiger partial charge in [0.15, 0.2) is 0 Å². The molecule has 5 nitrogen and oxygen atoms in total. The second kappa shape index (κ2) is 6.18. The monoisotopic (exact) mass is 346 g/mol. The number of rotatable bonds is 4. The van der Waals surface area contributed by atoms with Gasteiger partial charge in [0.05, 0.1) is 18.7 Å². The summed E-state index contributed by atoms with van der Waals surface area (Å²) in [6.45, 7) is 3.04. The van der Waals surface area contributed by atoms with E-state index >= 15 is 0 Å². The Balaban J connectivity index is 1.33. The van der Waals surface area contributed by atoms with Crippen molar-refractivity contribution in [3.63, 3.8) is 0 Å². The minimum absolute atomic E-state index is 0.446. The van der Waals surface area contributed by atoms with Gasteiger partial charge in [0.1, 0.15) is 5.75 Å². The van der Waals surface area contributed by atoms with Gasteiger partial charge in [0.25, 0.3) is 0 Å². The summed E-state index contributed by atoms with van der Waals surface area (Å²) >= 11 is 0. The van der Waals surface area contributed by atoms with Crippen LogP contribution in [0.1, 0.15) is 18.2 Å². The first-order valence-electron chi connectivity index (χ1n) is 9.11. The van der Waals surface area contributed by atoms with Crippen LogP contribution in [0.5, 0.6) is 5.75 Å². The summed E-state index contributed by atoms with van der Waals surface area (Å²) in [6.07, 6.45) is 3.31. The molecular weight excluding hydrogens is 324 g/mol. The van der Waals surface area contributed by atoms with Gasteiger partial charge in [-0.05, 0) is 30.7 Å². The van der Waals surface area contributed by atoms with Crippen LogP contribution in [0.3, 0.4) is 0 Å².